The molecule has 0 saturated heterocycles. The maximum Gasteiger partial charge on any atom is 0.407 e. The largest absolute Gasteiger partial charge is 0.407 e. The fourth-order valence-corrected chi connectivity index (χ4v) is 3.62. The van der Waals surface area contributed by atoms with Crippen LogP contribution in [0.2, 0.25) is 0 Å². The molecular formula is C25H31F4N3O3S. The first-order valence-electron chi connectivity index (χ1n) is 11.2. The molecule has 2 aromatic rings. The van der Waals surface area contributed by atoms with Crippen molar-refractivity contribution in [1.82, 2.24) is 10.6 Å². The van der Waals surface area contributed by atoms with Gasteiger partial charge in [0.1, 0.15) is 12.1 Å². The van der Waals surface area contributed by atoms with E-state index in [0.29, 0.717) is 17.5 Å². The van der Waals surface area contributed by atoms with E-state index in [-0.39, 0.29) is 10.5 Å². The van der Waals surface area contributed by atoms with E-state index in [9.17, 15) is 30.8 Å². The average molecular weight is 530 g/mol. The second kappa shape index (κ2) is 13.4. The molecule has 0 fully saturated rings. The van der Waals surface area contributed by atoms with Crippen molar-refractivity contribution in [1.29, 1.82) is 5.26 Å². The van der Waals surface area contributed by atoms with E-state index in [1.165, 1.54) is 57.2 Å². The summed E-state index contributed by atoms with van der Waals surface area (Å²) in [5.41, 5.74) is 1.18. The Morgan fingerprint density at radius 2 is 1.44 bits per heavy atom. The number of benzene rings is 2. The van der Waals surface area contributed by atoms with Crippen LogP contribution < -0.4 is 10.6 Å². The number of nitrogens with zero attached hydrogens (tertiary/aromatic N) is 1. The van der Waals surface area contributed by atoms with Crippen molar-refractivity contribution in [2.45, 2.75) is 69.5 Å². The Balaban J connectivity index is 0.00000150. The zero-order chi connectivity index (χ0) is 27.7. The summed E-state index contributed by atoms with van der Waals surface area (Å²) in [6.07, 6.45) is -3.90. The van der Waals surface area contributed by atoms with Crippen LogP contribution in [0.4, 0.5) is 17.6 Å². The second-order valence-electron chi connectivity index (χ2n) is 8.39. The van der Waals surface area contributed by atoms with Gasteiger partial charge in [-0.05, 0) is 56.0 Å². The predicted octanol–water partition coefficient (Wildman–Crippen LogP) is 5.12. The Kier molecular flexibility index (Phi) is 11.5. The van der Waals surface area contributed by atoms with E-state index in [2.05, 4.69) is 10.6 Å². The molecule has 36 heavy (non-hydrogen) atoms. The molecule has 2 rings (SSSR count). The predicted molar refractivity (Wildman–Crippen MR) is 130 cm³/mol. The summed E-state index contributed by atoms with van der Waals surface area (Å²) in [5.74, 6) is -0.699. The smallest absolute Gasteiger partial charge is 0.339 e. The Bertz CT molecular complexity index is 1120. The van der Waals surface area contributed by atoms with Crippen molar-refractivity contribution in [3.8, 4) is 17.2 Å². The highest BCUT2D eigenvalue weighted by molar-refractivity contribution is 7.90. The summed E-state index contributed by atoms with van der Waals surface area (Å²) >= 11 is 0. The van der Waals surface area contributed by atoms with Gasteiger partial charge >= 0.3 is 6.18 Å². The quantitative estimate of drug-likeness (QED) is 0.463. The third kappa shape index (κ3) is 9.95. The molecule has 0 aliphatic carbocycles. The van der Waals surface area contributed by atoms with Crippen molar-refractivity contribution in [2.75, 3.05) is 6.26 Å². The number of rotatable bonds is 8. The molecule has 1 amide bonds. The van der Waals surface area contributed by atoms with E-state index in [1.807, 2.05) is 6.07 Å². The Hall–Kier alpha value is -2.97. The highest BCUT2D eigenvalue weighted by atomic mass is 32.2. The van der Waals surface area contributed by atoms with Gasteiger partial charge < -0.3 is 5.32 Å². The van der Waals surface area contributed by atoms with Crippen LogP contribution in [0.5, 0.6) is 0 Å². The van der Waals surface area contributed by atoms with Gasteiger partial charge in [0.15, 0.2) is 9.84 Å². The minimum absolute atomic E-state index is 0.0824. The lowest BCUT2D eigenvalue weighted by Crippen LogP contribution is -2.49. The molecule has 11 heteroatoms. The second-order valence-corrected chi connectivity index (χ2v) is 10.4. The van der Waals surface area contributed by atoms with Crippen molar-refractivity contribution >= 4 is 15.7 Å². The van der Waals surface area contributed by atoms with Gasteiger partial charge in [0, 0.05) is 6.26 Å². The molecule has 2 N–H and O–H groups in total. The lowest BCUT2D eigenvalue weighted by atomic mass is 10.00. The molecule has 0 radical (unpaired) electrons. The van der Waals surface area contributed by atoms with Crippen LogP contribution >= 0.6 is 0 Å². The number of nitrogens with one attached hydrogen (secondary N) is 2. The van der Waals surface area contributed by atoms with Crippen molar-refractivity contribution in [3.05, 3.63) is 54.1 Å². The molecule has 198 valence electrons. The van der Waals surface area contributed by atoms with Crippen LogP contribution in [0.1, 0.15) is 45.7 Å². The molecule has 0 aliphatic heterocycles. The molecule has 6 nitrogen and oxygen atoms in total. The van der Waals surface area contributed by atoms with Crippen LogP contribution in [0, 0.1) is 11.3 Å². The average Bonchev–Trinajstić information content (AvgIpc) is 2.79. The van der Waals surface area contributed by atoms with Crippen LogP contribution in [-0.2, 0) is 14.6 Å². The molecule has 3 atom stereocenters. The Morgan fingerprint density at radius 1 is 1.00 bits per heavy atom. The first kappa shape index (κ1) is 31.1. The molecule has 3 unspecified atom stereocenters. The van der Waals surface area contributed by atoms with Gasteiger partial charge in [0.05, 0.1) is 23.2 Å². The van der Waals surface area contributed by atoms with Gasteiger partial charge in [0.2, 0.25) is 5.91 Å². The van der Waals surface area contributed by atoms with Gasteiger partial charge in [-0.2, -0.15) is 18.4 Å². The summed E-state index contributed by atoms with van der Waals surface area (Å²) in [4.78, 5) is 12.3. The third-order valence-electron chi connectivity index (χ3n) is 4.88. The van der Waals surface area contributed by atoms with E-state index >= 15 is 0 Å². The molecule has 2 aromatic carbocycles. The van der Waals surface area contributed by atoms with E-state index in [4.69, 9.17) is 5.26 Å². The number of nitriles is 1. The number of amides is 1. The summed E-state index contributed by atoms with van der Waals surface area (Å²) < 4.78 is 75.2. The normalized spacial score (nSPS) is 14.1. The number of carbonyl (C=O) groups is 1. The van der Waals surface area contributed by atoms with Crippen LogP contribution in [-0.4, -0.2) is 45.0 Å². The monoisotopic (exact) mass is 529 g/mol. The van der Waals surface area contributed by atoms with Crippen molar-refractivity contribution < 1.29 is 30.8 Å². The highest BCUT2D eigenvalue weighted by Gasteiger charge is 2.42. The number of halogens is 4. The van der Waals surface area contributed by atoms with E-state index in [1.54, 1.807) is 19.1 Å². The molecule has 0 heterocycles. The lowest BCUT2D eigenvalue weighted by Gasteiger charge is -2.26. The number of alkyl halides is 4. The summed E-state index contributed by atoms with van der Waals surface area (Å²) in [7, 11) is -3.35. The zero-order valence-corrected chi connectivity index (χ0v) is 21.5. The van der Waals surface area contributed by atoms with Crippen LogP contribution in [0.15, 0.2) is 53.4 Å². The minimum atomic E-state index is -4.66. The topological polar surface area (TPSA) is 99.1 Å². The maximum absolute atomic E-state index is 13.7. The lowest BCUT2D eigenvalue weighted by molar-refractivity contribution is -0.160. The highest BCUT2D eigenvalue weighted by Crippen LogP contribution is 2.34. The molecule has 0 aromatic heterocycles. The summed E-state index contributed by atoms with van der Waals surface area (Å²) in [6.45, 7) is 5.98. The van der Waals surface area contributed by atoms with Gasteiger partial charge in [-0.25, -0.2) is 12.8 Å². The first-order chi connectivity index (χ1) is 16.6. The third-order valence-corrected chi connectivity index (χ3v) is 6.01. The molecule has 0 saturated carbocycles. The summed E-state index contributed by atoms with van der Waals surface area (Å²) in [5, 5.41) is 13.6. The first-order valence-corrected chi connectivity index (χ1v) is 13.1. The number of sulfone groups is 1. The Labute approximate surface area is 209 Å². The SMILES string of the molecule is CC(C)F.CCC(C#N)NC(=O)C(C)NC(c1ccc(-c2ccc(S(C)(=O)=O)cc2)cc1)C(F)(F)F. The zero-order valence-electron chi connectivity index (χ0n) is 20.7. The van der Waals surface area contributed by atoms with Crippen LogP contribution in [0.3, 0.4) is 0 Å². The van der Waals surface area contributed by atoms with Gasteiger partial charge in [-0.1, -0.05) is 43.3 Å². The molecular weight excluding hydrogens is 498 g/mol. The maximum atomic E-state index is 13.7. The van der Waals surface area contributed by atoms with Crippen LogP contribution in [0.25, 0.3) is 11.1 Å². The van der Waals surface area contributed by atoms with Crippen molar-refractivity contribution in [2.24, 2.45) is 0 Å². The summed E-state index contributed by atoms with van der Waals surface area (Å²) in [6, 6.07) is 9.46. The molecule has 0 spiro atoms. The fraction of sp³-hybridized carbons (Fsp3) is 0.440. The van der Waals surface area contributed by atoms with E-state index in [0.717, 1.165) is 6.26 Å². The number of hydrogen-bond donors (Lipinski definition) is 2. The standard InChI is InChI=1S/C22H24F3N3O3S.C3H7F/c1-4-18(13-26)28-21(29)14(2)27-20(22(23,24)25)17-7-5-15(6-8-17)16-9-11-19(12-10-16)32(3,30)31;1-3(2)4/h5-12,14,18,20,27H,4H2,1-3H3,(H,28,29);3H,1-2H3. The van der Waals surface area contributed by atoms with Crippen molar-refractivity contribution in [3.63, 3.8) is 0 Å². The molecule has 0 bridgehead atoms. The van der Waals surface area contributed by atoms with E-state index < -0.39 is 46.2 Å². The Morgan fingerprint density at radius 3 is 1.81 bits per heavy atom. The molecule has 0 aliphatic rings. The fourth-order valence-electron chi connectivity index (χ4n) is 2.99. The number of carbonyl (C=O) groups excluding carboxylic acids is 1. The van der Waals surface area contributed by atoms with Gasteiger partial charge in [-0.15, -0.1) is 0 Å². The number of hydrogen-bond acceptors (Lipinski definition) is 5. The van der Waals surface area contributed by atoms with Gasteiger partial charge in [-0.3, -0.25) is 10.1 Å². The minimum Gasteiger partial charge on any atom is -0.339 e. The van der Waals surface area contributed by atoms with Gasteiger partial charge in [0.25, 0.3) is 0 Å².